The van der Waals surface area contributed by atoms with Crippen LogP contribution in [0.2, 0.25) is 0 Å². The van der Waals surface area contributed by atoms with E-state index in [2.05, 4.69) is 19.0 Å². The Morgan fingerprint density at radius 1 is 1.33 bits per heavy atom. The van der Waals surface area contributed by atoms with E-state index in [0.717, 1.165) is 6.42 Å². The minimum atomic E-state index is -0.375. The van der Waals surface area contributed by atoms with Crippen LogP contribution in [0.25, 0.3) is 0 Å². The maximum atomic E-state index is 11.0. The molecule has 1 aliphatic carbocycles. The Bertz CT molecular complexity index is 259. The molecule has 1 saturated carbocycles. The third kappa shape index (κ3) is 4.00. The van der Waals surface area contributed by atoms with E-state index in [1.54, 1.807) is 7.11 Å². The van der Waals surface area contributed by atoms with Crippen LogP contribution in [-0.2, 0) is 9.47 Å². The molecule has 1 rings (SSSR count). The van der Waals surface area contributed by atoms with Crippen molar-refractivity contribution in [3.05, 3.63) is 4.91 Å². The van der Waals surface area contributed by atoms with E-state index >= 15 is 0 Å². The summed E-state index contributed by atoms with van der Waals surface area (Å²) >= 11 is 0. The maximum absolute atomic E-state index is 11.0. The molecule has 0 aromatic carbocycles. The number of methoxy groups -OCH3 is 1. The molecule has 0 aromatic heterocycles. The second-order valence-electron chi connectivity index (χ2n) is 5.71. The average molecular weight is 259 g/mol. The quantitative estimate of drug-likeness (QED) is 0.391. The van der Waals surface area contributed by atoms with Crippen LogP contribution < -0.4 is 0 Å². The van der Waals surface area contributed by atoms with Gasteiger partial charge in [-0.05, 0) is 18.3 Å². The number of aliphatic hydroxyl groups excluding tert-OH is 1. The minimum absolute atomic E-state index is 0.00560. The summed E-state index contributed by atoms with van der Waals surface area (Å²) in [6.45, 7) is 6.83. The molecule has 0 saturated heterocycles. The normalized spacial score (nSPS) is 30.2. The van der Waals surface area contributed by atoms with Crippen molar-refractivity contribution in [1.82, 2.24) is 0 Å². The molecule has 1 fully saturated rings. The molecule has 106 valence electrons. The maximum Gasteiger partial charge on any atom is 0.146 e. The van der Waals surface area contributed by atoms with E-state index in [9.17, 15) is 10.0 Å². The third-order valence-corrected chi connectivity index (χ3v) is 3.61. The van der Waals surface area contributed by atoms with Crippen molar-refractivity contribution in [1.29, 1.82) is 0 Å². The lowest BCUT2D eigenvalue weighted by Crippen LogP contribution is -2.25. The fraction of sp³-hybridized carbons (Fsp3) is 1.00. The van der Waals surface area contributed by atoms with Gasteiger partial charge in [-0.3, -0.25) is 0 Å². The minimum Gasteiger partial charge on any atom is -0.392 e. The first-order valence-corrected chi connectivity index (χ1v) is 6.60. The van der Waals surface area contributed by atoms with Crippen LogP contribution in [-0.4, -0.2) is 37.8 Å². The summed E-state index contributed by atoms with van der Waals surface area (Å²) < 4.78 is 10.1. The molecular formula is C13H25NO4. The van der Waals surface area contributed by atoms with E-state index < -0.39 is 0 Å². The van der Waals surface area contributed by atoms with E-state index in [0.29, 0.717) is 12.5 Å². The number of nitrogens with zero attached hydrogens (tertiary/aromatic N) is 1. The summed E-state index contributed by atoms with van der Waals surface area (Å²) in [4.78, 5) is 11.0. The molecular weight excluding hydrogens is 234 g/mol. The first-order valence-electron chi connectivity index (χ1n) is 6.60. The van der Waals surface area contributed by atoms with Gasteiger partial charge in [0.25, 0.3) is 0 Å². The molecule has 0 radical (unpaired) electrons. The zero-order valence-electron chi connectivity index (χ0n) is 11.7. The topological polar surface area (TPSA) is 68.1 Å². The standard InChI is InChI=1S/C13H25NO4/c1-8(2)5-10-11(13(10)15)12(14-16)9(3)6-18-7-17-4/h8-13,15H,5-7H2,1-4H3/t9?,10?,11-,12-,13?/m1/s1. The molecule has 5 atom stereocenters. The molecule has 1 aliphatic rings. The Morgan fingerprint density at radius 2 is 2.00 bits per heavy atom. The first kappa shape index (κ1) is 15.5. The number of nitroso groups, excluding NO2 is 1. The number of ether oxygens (including phenoxy) is 2. The average Bonchev–Trinajstić information content (AvgIpc) is 2.90. The highest BCUT2D eigenvalue weighted by Gasteiger charge is 2.55. The molecule has 1 N–H and O–H groups in total. The van der Waals surface area contributed by atoms with Crippen LogP contribution in [0.5, 0.6) is 0 Å². The Morgan fingerprint density at radius 3 is 2.50 bits per heavy atom. The number of rotatable bonds is 9. The van der Waals surface area contributed by atoms with Crippen LogP contribution >= 0.6 is 0 Å². The molecule has 18 heavy (non-hydrogen) atoms. The van der Waals surface area contributed by atoms with Crippen molar-refractivity contribution in [3.8, 4) is 0 Å². The number of hydrogen-bond donors (Lipinski definition) is 1. The Kier molecular flexibility index (Phi) is 6.18. The molecule has 0 aliphatic heterocycles. The van der Waals surface area contributed by atoms with E-state index in [1.807, 2.05) is 6.92 Å². The van der Waals surface area contributed by atoms with Gasteiger partial charge in [0.05, 0.1) is 12.7 Å². The lowest BCUT2D eigenvalue weighted by Gasteiger charge is -2.17. The SMILES string of the molecule is COCOCC(C)[C@@H](N=O)[C@@H]1C(O)C1CC(C)C. The van der Waals surface area contributed by atoms with Crippen molar-refractivity contribution < 1.29 is 14.6 Å². The predicted molar refractivity (Wildman–Crippen MR) is 69.0 cm³/mol. The molecule has 0 aromatic rings. The Balaban J connectivity index is 2.44. The first-order chi connectivity index (χ1) is 8.52. The largest absolute Gasteiger partial charge is 0.392 e. The zero-order chi connectivity index (χ0) is 13.7. The third-order valence-electron chi connectivity index (χ3n) is 3.61. The van der Waals surface area contributed by atoms with Gasteiger partial charge in [0, 0.05) is 18.9 Å². The van der Waals surface area contributed by atoms with Gasteiger partial charge in [0.2, 0.25) is 0 Å². The molecule has 0 spiro atoms. The smallest absolute Gasteiger partial charge is 0.146 e. The lowest BCUT2D eigenvalue weighted by atomic mass is 9.95. The molecule has 5 nitrogen and oxygen atoms in total. The van der Waals surface area contributed by atoms with Gasteiger partial charge < -0.3 is 14.6 Å². The Hall–Kier alpha value is -0.520. The highest BCUT2D eigenvalue weighted by Crippen LogP contribution is 2.48. The molecule has 0 heterocycles. The fourth-order valence-corrected chi connectivity index (χ4v) is 2.65. The van der Waals surface area contributed by atoms with Gasteiger partial charge in [0.1, 0.15) is 12.8 Å². The van der Waals surface area contributed by atoms with E-state index in [4.69, 9.17) is 9.47 Å². The van der Waals surface area contributed by atoms with Crippen LogP contribution in [0.1, 0.15) is 27.2 Å². The van der Waals surface area contributed by atoms with E-state index in [1.165, 1.54) is 0 Å². The highest BCUT2D eigenvalue weighted by atomic mass is 16.7. The summed E-state index contributed by atoms with van der Waals surface area (Å²) in [5.41, 5.74) is 0. The summed E-state index contributed by atoms with van der Waals surface area (Å²) in [6.07, 6.45) is 0.573. The summed E-state index contributed by atoms with van der Waals surface area (Å²) in [7, 11) is 1.56. The predicted octanol–water partition coefficient (Wildman–Crippen LogP) is 2.03. The molecule has 3 unspecified atom stereocenters. The lowest BCUT2D eigenvalue weighted by molar-refractivity contribution is -0.0450. The van der Waals surface area contributed by atoms with Gasteiger partial charge in [-0.25, -0.2) is 0 Å². The van der Waals surface area contributed by atoms with Gasteiger partial charge in [-0.15, -0.1) is 0 Å². The zero-order valence-corrected chi connectivity index (χ0v) is 11.7. The van der Waals surface area contributed by atoms with Crippen LogP contribution in [0.15, 0.2) is 5.18 Å². The summed E-state index contributed by atoms with van der Waals surface area (Å²) in [6, 6.07) is -0.361. The highest BCUT2D eigenvalue weighted by molar-refractivity contribution is 5.05. The van der Waals surface area contributed by atoms with Gasteiger partial charge >= 0.3 is 0 Å². The van der Waals surface area contributed by atoms with Crippen LogP contribution in [0, 0.1) is 28.6 Å². The van der Waals surface area contributed by atoms with E-state index in [-0.39, 0.29) is 36.7 Å². The van der Waals surface area contributed by atoms with Crippen LogP contribution in [0.3, 0.4) is 0 Å². The molecule has 5 heteroatoms. The van der Waals surface area contributed by atoms with Crippen molar-refractivity contribution in [3.63, 3.8) is 0 Å². The van der Waals surface area contributed by atoms with Crippen molar-refractivity contribution >= 4 is 0 Å². The monoisotopic (exact) mass is 259 g/mol. The number of aliphatic hydroxyl groups is 1. The molecule has 0 amide bonds. The van der Waals surface area contributed by atoms with Gasteiger partial charge in [-0.2, -0.15) is 4.91 Å². The number of hydrogen-bond acceptors (Lipinski definition) is 5. The van der Waals surface area contributed by atoms with Gasteiger partial charge in [-0.1, -0.05) is 25.9 Å². The summed E-state index contributed by atoms with van der Waals surface area (Å²) in [5.74, 6) is 0.764. The second kappa shape index (κ2) is 7.16. The Labute approximate surface area is 109 Å². The van der Waals surface area contributed by atoms with Crippen LogP contribution in [0.4, 0.5) is 0 Å². The second-order valence-corrected chi connectivity index (χ2v) is 5.71. The van der Waals surface area contributed by atoms with Crippen molar-refractivity contribution in [2.24, 2.45) is 28.8 Å². The van der Waals surface area contributed by atoms with Crippen molar-refractivity contribution in [2.45, 2.75) is 39.3 Å². The van der Waals surface area contributed by atoms with Gasteiger partial charge in [0.15, 0.2) is 0 Å². The fourth-order valence-electron chi connectivity index (χ4n) is 2.65. The van der Waals surface area contributed by atoms with Crippen molar-refractivity contribution in [2.75, 3.05) is 20.5 Å². The summed E-state index contributed by atoms with van der Waals surface area (Å²) in [5, 5.41) is 13.1. The molecule has 0 bridgehead atoms.